The molecule has 0 unspecified atom stereocenters. The first-order chi connectivity index (χ1) is 17.9. The third-order valence-electron chi connectivity index (χ3n) is 6.13. The van der Waals surface area contributed by atoms with Crippen LogP contribution >= 0.6 is 23.2 Å². The molecule has 196 valence electrons. The molecule has 0 saturated carbocycles. The molecule has 3 aromatic carbocycles. The van der Waals surface area contributed by atoms with Gasteiger partial charge in [0.25, 0.3) is 5.91 Å². The Balaban J connectivity index is 1.88. The van der Waals surface area contributed by atoms with Gasteiger partial charge in [-0.25, -0.2) is 0 Å². The molecular weight excluding hydrogens is 507 g/mol. The number of nitrogens with one attached hydrogen (secondary N) is 1. The third-order valence-corrected chi connectivity index (χ3v) is 6.87. The lowest BCUT2D eigenvalue weighted by Gasteiger charge is -2.31. The first-order valence-electron chi connectivity index (χ1n) is 12.7. The Morgan fingerprint density at radius 3 is 2.24 bits per heavy atom. The fourth-order valence-corrected chi connectivity index (χ4v) is 4.26. The minimum atomic E-state index is -0.729. The van der Waals surface area contributed by atoms with E-state index >= 15 is 0 Å². The van der Waals surface area contributed by atoms with Crippen molar-refractivity contribution in [3.05, 3.63) is 99.5 Å². The van der Waals surface area contributed by atoms with Crippen LogP contribution in [0.1, 0.15) is 43.4 Å². The van der Waals surface area contributed by atoms with Crippen LogP contribution in [0.2, 0.25) is 10.0 Å². The van der Waals surface area contributed by atoms with Crippen LogP contribution in [-0.2, 0) is 29.0 Å². The smallest absolute Gasteiger partial charge is 0.261 e. The molecule has 0 fully saturated rings. The van der Waals surface area contributed by atoms with E-state index in [9.17, 15) is 9.59 Å². The van der Waals surface area contributed by atoms with Crippen molar-refractivity contribution in [1.29, 1.82) is 0 Å². The first kappa shape index (κ1) is 28.5. The van der Waals surface area contributed by atoms with E-state index in [1.165, 1.54) is 5.56 Å². The average Bonchev–Trinajstić information content (AvgIpc) is 2.92. The zero-order chi connectivity index (χ0) is 26.6. The molecule has 0 heterocycles. The molecule has 0 aliphatic heterocycles. The maximum Gasteiger partial charge on any atom is 0.261 e. The van der Waals surface area contributed by atoms with Crippen molar-refractivity contribution in [1.82, 2.24) is 10.2 Å². The van der Waals surface area contributed by atoms with Gasteiger partial charge in [-0.2, -0.15) is 0 Å². The lowest BCUT2D eigenvalue weighted by molar-refractivity contribution is -0.142. The molecule has 1 atom stereocenters. The summed E-state index contributed by atoms with van der Waals surface area (Å²) in [6, 6.07) is 21.9. The van der Waals surface area contributed by atoms with Gasteiger partial charge in [0.2, 0.25) is 5.91 Å². The van der Waals surface area contributed by atoms with Crippen LogP contribution in [0, 0.1) is 0 Å². The molecule has 0 spiro atoms. The first-order valence-corrected chi connectivity index (χ1v) is 13.4. The van der Waals surface area contributed by atoms with E-state index < -0.39 is 6.04 Å². The molecule has 0 aliphatic rings. The van der Waals surface area contributed by atoms with Gasteiger partial charge in [-0.15, -0.1) is 0 Å². The van der Waals surface area contributed by atoms with Gasteiger partial charge in [0, 0.05) is 19.5 Å². The number of nitrogens with zero attached hydrogens (tertiary/aromatic N) is 1. The SMILES string of the molecule is CCCCNC(=O)[C@H](Cc1ccccc1)N(Cc1ccc(Cl)c(Cl)c1)C(=O)COc1ccc(CC)cc1. The quantitative estimate of drug-likeness (QED) is 0.252. The number of unbranched alkanes of at least 4 members (excludes halogenated alkanes) is 1. The second-order valence-electron chi connectivity index (χ2n) is 8.91. The van der Waals surface area contributed by atoms with E-state index in [0.717, 1.165) is 30.4 Å². The van der Waals surface area contributed by atoms with Crippen molar-refractivity contribution in [2.45, 2.75) is 52.1 Å². The van der Waals surface area contributed by atoms with Crippen molar-refractivity contribution < 1.29 is 14.3 Å². The average molecular weight is 542 g/mol. The van der Waals surface area contributed by atoms with Crippen molar-refractivity contribution >= 4 is 35.0 Å². The maximum absolute atomic E-state index is 13.6. The normalized spacial score (nSPS) is 11.6. The third kappa shape index (κ3) is 8.80. The number of hydrogen-bond donors (Lipinski definition) is 1. The predicted molar refractivity (Wildman–Crippen MR) is 150 cm³/mol. The van der Waals surface area contributed by atoms with E-state index in [-0.39, 0.29) is 25.0 Å². The van der Waals surface area contributed by atoms with Crippen LogP contribution in [0.15, 0.2) is 72.8 Å². The highest BCUT2D eigenvalue weighted by atomic mass is 35.5. The van der Waals surface area contributed by atoms with Crippen molar-refractivity contribution in [3.8, 4) is 5.75 Å². The van der Waals surface area contributed by atoms with Crippen LogP contribution in [-0.4, -0.2) is 35.9 Å². The van der Waals surface area contributed by atoms with Gasteiger partial charge in [-0.1, -0.05) is 92.0 Å². The topological polar surface area (TPSA) is 58.6 Å². The minimum Gasteiger partial charge on any atom is -0.484 e. The Bertz CT molecular complexity index is 1150. The lowest BCUT2D eigenvalue weighted by atomic mass is 10.0. The van der Waals surface area contributed by atoms with Crippen LogP contribution in [0.4, 0.5) is 0 Å². The Labute approximate surface area is 229 Å². The van der Waals surface area contributed by atoms with Crippen LogP contribution in [0.5, 0.6) is 5.75 Å². The molecule has 0 aromatic heterocycles. The number of hydrogen-bond acceptors (Lipinski definition) is 3. The number of ether oxygens (including phenoxy) is 1. The molecule has 0 bridgehead atoms. The summed E-state index contributed by atoms with van der Waals surface area (Å²) in [5.74, 6) is 0.113. The van der Waals surface area contributed by atoms with Gasteiger partial charge in [-0.05, 0) is 53.8 Å². The molecule has 5 nitrogen and oxygen atoms in total. The monoisotopic (exact) mass is 540 g/mol. The van der Waals surface area contributed by atoms with Gasteiger partial charge in [0.1, 0.15) is 11.8 Å². The van der Waals surface area contributed by atoms with Crippen LogP contribution < -0.4 is 10.1 Å². The van der Waals surface area contributed by atoms with Gasteiger partial charge >= 0.3 is 0 Å². The van der Waals surface area contributed by atoms with E-state index in [2.05, 4.69) is 19.2 Å². The van der Waals surface area contributed by atoms with Gasteiger partial charge < -0.3 is 15.0 Å². The fraction of sp³-hybridized carbons (Fsp3) is 0.333. The zero-order valence-electron chi connectivity index (χ0n) is 21.4. The Morgan fingerprint density at radius 1 is 0.892 bits per heavy atom. The van der Waals surface area contributed by atoms with Crippen LogP contribution in [0.3, 0.4) is 0 Å². The number of amides is 2. The summed E-state index contributed by atoms with van der Waals surface area (Å²) in [5, 5.41) is 3.84. The number of carbonyl (C=O) groups excluding carboxylic acids is 2. The van der Waals surface area contributed by atoms with Gasteiger partial charge in [0.15, 0.2) is 6.61 Å². The highest BCUT2D eigenvalue weighted by Crippen LogP contribution is 2.24. The molecule has 3 rings (SSSR count). The molecule has 1 N–H and O–H groups in total. The van der Waals surface area contributed by atoms with Crippen molar-refractivity contribution in [3.63, 3.8) is 0 Å². The highest BCUT2D eigenvalue weighted by Gasteiger charge is 2.30. The summed E-state index contributed by atoms with van der Waals surface area (Å²) in [4.78, 5) is 28.6. The zero-order valence-corrected chi connectivity index (χ0v) is 22.9. The minimum absolute atomic E-state index is 0.187. The van der Waals surface area contributed by atoms with Gasteiger partial charge in [-0.3, -0.25) is 9.59 Å². The molecular formula is C30H34Cl2N2O3. The summed E-state index contributed by atoms with van der Waals surface area (Å²) in [6.45, 7) is 4.69. The second kappa shape index (κ2) is 14.7. The summed E-state index contributed by atoms with van der Waals surface area (Å²) >= 11 is 12.4. The maximum atomic E-state index is 13.6. The molecule has 37 heavy (non-hydrogen) atoms. The lowest BCUT2D eigenvalue weighted by Crippen LogP contribution is -2.51. The largest absolute Gasteiger partial charge is 0.484 e. The summed E-state index contributed by atoms with van der Waals surface area (Å²) < 4.78 is 5.84. The van der Waals surface area contributed by atoms with E-state index in [4.69, 9.17) is 27.9 Å². The van der Waals surface area contributed by atoms with E-state index in [1.807, 2.05) is 60.7 Å². The summed E-state index contributed by atoms with van der Waals surface area (Å²) in [6.07, 6.45) is 3.11. The fourth-order valence-electron chi connectivity index (χ4n) is 3.94. The predicted octanol–water partition coefficient (Wildman–Crippen LogP) is 6.49. The summed E-state index contributed by atoms with van der Waals surface area (Å²) in [5.41, 5.74) is 2.92. The Hall–Kier alpha value is -3.02. The molecule has 0 saturated heterocycles. The molecule has 0 radical (unpaired) electrons. The Morgan fingerprint density at radius 2 is 1.59 bits per heavy atom. The number of halogens is 2. The molecule has 3 aromatic rings. The number of aryl methyl sites for hydroxylation is 1. The molecule has 7 heteroatoms. The number of benzene rings is 3. The molecule has 2 amide bonds. The molecule has 0 aliphatic carbocycles. The summed E-state index contributed by atoms with van der Waals surface area (Å²) in [7, 11) is 0. The van der Waals surface area contributed by atoms with Crippen molar-refractivity contribution in [2.75, 3.05) is 13.2 Å². The highest BCUT2D eigenvalue weighted by molar-refractivity contribution is 6.42. The number of rotatable bonds is 13. The van der Waals surface area contributed by atoms with E-state index in [0.29, 0.717) is 28.8 Å². The second-order valence-corrected chi connectivity index (χ2v) is 9.72. The van der Waals surface area contributed by atoms with E-state index in [1.54, 1.807) is 17.0 Å². The van der Waals surface area contributed by atoms with Gasteiger partial charge in [0.05, 0.1) is 10.0 Å². The standard InChI is InChI=1S/C30H34Cl2N2O3/c1-3-5-17-33-30(36)28(19-23-9-7-6-8-10-23)34(20-24-13-16-26(31)27(32)18-24)29(35)21-37-25-14-11-22(4-2)12-15-25/h6-16,18,28H,3-5,17,19-21H2,1-2H3,(H,33,36)/t28-/m0/s1. The Kier molecular flexibility index (Phi) is 11.3. The number of carbonyl (C=O) groups is 2. The van der Waals surface area contributed by atoms with Crippen molar-refractivity contribution in [2.24, 2.45) is 0 Å². The van der Waals surface area contributed by atoms with Crippen LogP contribution in [0.25, 0.3) is 0 Å².